The fourth-order valence-corrected chi connectivity index (χ4v) is 3.53. The van der Waals surface area contributed by atoms with Crippen molar-refractivity contribution in [3.63, 3.8) is 0 Å². The topological polar surface area (TPSA) is 89.3 Å². The second kappa shape index (κ2) is 6.15. The summed E-state index contributed by atoms with van der Waals surface area (Å²) in [5.41, 5.74) is 1.10. The summed E-state index contributed by atoms with van der Waals surface area (Å²) in [5, 5.41) is 8.10. The predicted octanol–water partition coefficient (Wildman–Crippen LogP) is 1.95. The molecule has 1 aromatic carbocycles. The van der Waals surface area contributed by atoms with E-state index in [-0.39, 0.29) is 16.8 Å². The Morgan fingerprint density at radius 1 is 1.33 bits per heavy atom. The minimum absolute atomic E-state index is 0.0281. The van der Waals surface area contributed by atoms with Gasteiger partial charge in [-0.1, -0.05) is 12.8 Å². The summed E-state index contributed by atoms with van der Waals surface area (Å²) >= 11 is 0. The van der Waals surface area contributed by atoms with Gasteiger partial charge in [-0.15, -0.1) is 0 Å². The minimum Gasteiger partial charge on any atom is -0.349 e. The Labute approximate surface area is 126 Å². The number of nitrogens with two attached hydrogens (primary N) is 1. The molecule has 0 radical (unpaired) electrons. The van der Waals surface area contributed by atoms with Crippen LogP contribution in [-0.4, -0.2) is 20.4 Å². The zero-order valence-electron chi connectivity index (χ0n) is 12.4. The molecule has 0 aromatic heterocycles. The standard InChI is InChI=1S/C15H22N2O3S/c1-10-9-13(21(16,19)20)7-8-14(10)15(18)17-11(2)12-5-3-4-6-12/h7-9,11-12H,3-6H2,1-2H3,(H,17,18)(H2,16,19,20). The third-order valence-corrected chi connectivity index (χ3v) is 5.15. The fourth-order valence-electron chi connectivity index (χ4n) is 2.93. The lowest BCUT2D eigenvalue weighted by Crippen LogP contribution is -2.37. The van der Waals surface area contributed by atoms with Crippen molar-refractivity contribution in [3.05, 3.63) is 29.3 Å². The smallest absolute Gasteiger partial charge is 0.251 e. The Morgan fingerprint density at radius 2 is 1.95 bits per heavy atom. The van der Waals surface area contributed by atoms with Crippen LogP contribution in [0.15, 0.2) is 23.1 Å². The van der Waals surface area contributed by atoms with Crippen LogP contribution in [-0.2, 0) is 10.0 Å². The van der Waals surface area contributed by atoms with Gasteiger partial charge in [0.05, 0.1) is 4.90 Å². The number of rotatable bonds is 4. The van der Waals surface area contributed by atoms with Gasteiger partial charge >= 0.3 is 0 Å². The first-order valence-electron chi connectivity index (χ1n) is 7.23. The molecule has 3 N–H and O–H groups in total. The van der Waals surface area contributed by atoms with E-state index in [4.69, 9.17) is 5.14 Å². The number of aryl methyl sites for hydroxylation is 1. The zero-order chi connectivity index (χ0) is 15.6. The SMILES string of the molecule is Cc1cc(S(N)(=O)=O)ccc1C(=O)NC(C)C1CCCC1. The van der Waals surface area contributed by atoms with E-state index in [1.165, 1.54) is 31.0 Å². The molecule has 1 atom stereocenters. The average molecular weight is 310 g/mol. The van der Waals surface area contributed by atoms with E-state index in [0.29, 0.717) is 17.0 Å². The number of carbonyl (C=O) groups excluding carboxylic acids is 1. The molecular weight excluding hydrogens is 288 g/mol. The number of sulfonamides is 1. The van der Waals surface area contributed by atoms with E-state index in [1.807, 2.05) is 6.92 Å². The van der Waals surface area contributed by atoms with Crippen molar-refractivity contribution in [2.75, 3.05) is 0 Å². The van der Waals surface area contributed by atoms with Crippen LogP contribution in [0.5, 0.6) is 0 Å². The molecule has 1 aliphatic rings. The van der Waals surface area contributed by atoms with Gasteiger partial charge in [0.2, 0.25) is 10.0 Å². The van der Waals surface area contributed by atoms with E-state index >= 15 is 0 Å². The summed E-state index contributed by atoms with van der Waals surface area (Å²) in [5.74, 6) is 0.380. The second-order valence-corrected chi connectivity index (χ2v) is 7.39. The van der Waals surface area contributed by atoms with Gasteiger partial charge in [-0.2, -0.15) is 0 Å². The largest absolute Gasteiger partial charge is 0.349 e. The Balaban J connectivity index is 2.12. The van der Waals surface area contributed by atoms with Crippen LogP contribution >= 0.6 is 0 Å². The van der Waals surface area contributed by atoms with Crippen LogP contribution in [0, 0.1) is 12.8 Å². The predicted molar refractivity (Wildman–Crippen MR) is 81.4 cm³/mol. The summed E-state index contributed by atoms with van der Waals surface area (Å²) in [6, 6.07) is 4.46. The van der Waals surface area contributed by atoms with Gasteiger partial charge in [0.1, 0.15) is 0 Å². The van der Waals surface area contributed by atoms with Crippen molar-refractivity contribution in [3.8, 4) is 0 Å². The Hall–Kier alpha value is -1.40. The van der Waals surface area contributed by atoms with Gasteiger partial charge in [0.15, 0.2) is 0 Å². The number of amides is 1. The molecule has 2 rings (SSSR count). The first-order valence-corrected chi connectivity index (χ1v) is 8.78. The quantitative estimate of drug-likeness (QED) is 0.890. The molecule has 1 unspecified atom stereocenters. The maximum atomic E-state index is 12.3. The van der Waals surface area contributed by atoms with Gasteiger partial charge in [-0.05, 0) is 56.4 Å². The normalized spacial score (nSPS) is 17.7. The van der Waals surface area contributed by atoms with Crippen molar-refractivity contribution in [2.24, 2.45) is 11.1 Å². The average Bonchev–Trinajstić information content (AvgIpc) is 2.91. The molecule has 1 aromatic rings. The molecule has 1 aliphatic carbocycles. The molecule has 6 heteroatoms. The molecule has 21 heavy (non-hydrogen) atoms. The lowest BCUT2D eigenvalue weighted by Gasteiger charge is -2.21. The van der Waals surface area contributed by atoms with Crippen LogP contribution in [0.25, 0.3) is 0 Å². The fraction of sp³-hybridized carbons (Fsp3) is 0.533. The Morgan fingerprint density at radius 3 is 2.48 bits per heavy atom. The van der Waals surface area contributed by atoms with Gasteiger partial charge in [-0.3, -0.25) is 4.79 Å². The third-order valence-electron chi connectivity index (χ3n) is 4.24. The summed E-state index contributed by atoms with van der Waals surface area (Å²) in [4.78, 5) is 12.3. The molecule has 5 nitrogen and oxygen atoms in total. The molecule has 1 fully saturated rings. The van der Waals surface area contributed by atoms with E-state index in [1.54, 1.807) is 6.92 Å². The van der Waals surface area contributed by atoms with Crippen LogP contribution in [0.2, 0.25) is 0 Å². The Kier molecular flexibility index (Phi) is 4.68. The highest BCUT2D eigenvalue weighted by Crippen LogP contribution is 2.27. The molecule has 1 saturated carbocycles. The summed E-state index contributed by atoms with van der Waals surface area (Å²) in [6.45, 7) is 3.74. The molecule has 1 amide bonds. The third kappa shape index (κ3) is 3.83. The molecule has 0 saturated heterocycles. The molecule has 0 bridgehead atoms. The van der Waals surface area contributed by atoms with Crippen molar-refractivity contribution in [1.82, 2.24) is 5.32 Å². The van der Waals surface area contributed by atoms with E-state index < -0.39 is 10.0 Å². The molecule has 0 heterocycles. The molecular formula is C15H22N2O3S. The van der Waals surface area contributed by atoms with E-state index in [9.17, 15) is 13.2 Å². The lowest BCUT2D eigenvalue weighted by atomic mass is 9.99. The number of primary sulfonamides is 1. The highest BCUT2D eigenvalue weighted by Gasteiger charge is 2.23. The second-order valence-electron chi connectivity index (χ2n) is 5.83. The van der Waals surface area contributed by atoms with Crippen molar-refractivity contribution in [1.29, 1.82) is 0 Å². The highest BCUT2D eigenvalue weighted by atomic mass is 32.2. The van der Waals surface area contributed by atoms with E-state index in [0.717, 1.165) is 12.8 Å². The van der Waals surface area contributed by atoms with Crippen LogP contribution in [0.3, 0.4) is 0 Å². The van der Waals surface area contributed by atoms with Crippen molar-refractivity contribution in [2.45, 2.75) is 50.5 Å². The Bertz CT molecular complexity index is 634. The number of nitrogens with one attached hydrogen (secondary N) is 1. The highest BCUT2D eigenvalue weighted by molar-refractivity contribution is 7.89. The monoisotopic (exact) mass is 310 g/mol. The summed E-state index contributed by atoms with van der Waals surface area (Å²) in [7, 11) is -3.74. The van der Waals surface area contributed by atoms with Crippen LogP contribution in [0.4, 0.5) is 0 Å². The summed E-state index contributed by atoms with van der Waals surface area (Å²) < 4.78 is 22.6. The number of hydrogen-bond acceptors (Lipinski definition) is 3. The first kappa shape index (κ1) is 16.0. The molecule has 0 spiro atoms. The molecule has 0 aliphatic heterocycles. The van der Waals surface area contributed by atoms with Crippen molar-refractivity contribution < 1.29 is 13.2 Å². The maximum absolute atomic E-state index is 12.3. The van der Waals surface area contributed by atoms with Gasteiger partial charge in [0, 0.05) is 11.6 Å². The maximum Gasteiger partial charge on any atom is 0.251 e. The molecule has 116 valence electrons. The minimum atomic E-state index is -3.74. The lowest BCUT2D eigenvalue weighted by molar-refractivity contribution is 0.0926. The van der Waals surface area contributed by atoms with Gasteiger partial charge in [0.25, 0.3) is 5.91 Å². The van der Waals surface area contributed by atoms with Gasteiger partial charge < -0.3 is 5.32 Å². The number of benzene rings is 1. The van der Waals surface area contributed by atoms with E-state index in [2.05, 4.69) is 5.32 Å². The number of hydrogen-bond donors (Lipinski definition) is 2. The van der Waals surface area contributed by atoms with Crippen LogP contribution in [0.1, 0.15) is 48.5 Å². The van der Waals surface area contributed by atoms with Gasteiger partial charge in [-0.25, -0.2) is 13.6 Å². The van der Waals surface area contributed by atoms with Crippen molar-refractivity contribution >= 4 is 15.9 Å². The summed E-state index contributed by atoms with van der Waals surface area (Å²) in [6.07, 6.45) is 4.77. The first-order chi connectivity index (χ1) is 9.79. The number of carbonyl (C=O) groups is 1. The van der Waals surface area contributed by atoms with Crippen LogP contribution < -0.4 is 10.5 Å². The zero-order valence-corrected chi connectivity index (χ0v) is 13.2.